The Morgan fingerprint density at radius 2 is 2.15 bits per heavy atom. The Bertz CT molecular complexity index is 528. The third kappa shape index (κ3) is 2.99. The van der Waals surface area contributed by atoms with Gasteiger partial charge in [-0.1, -0.05) is 0 Å². The molecule has 2 rings (SSSR count). The standard InChI is InChI=1S/C15H20N2O3/c1-9-8-11(15(19)20-3)4-5-13(9)17-14(18)12-6-7-16-10(12)2/h4-5,8,10,12,16H,6-7H2,1-3H3,(H,17,18). The van der Waals surface area contributed by atoms with Gasteiger partial charge >= 0.3 is 5.97 Å². The molecule has 1 aliphatic rings. The maximum atomic E-state index is 12.2. The van der Waals surface area contributed by atoms with Crippen molar-refractivity contribution in [1.82, 2.24) is 5.32 Å². The van der Waals surface area contributed by atoms with Crippen molar-refractivity contribution < 1.29 is 14.3 Å². The van der Waals surface area contributed by atoms with Gasteiger partial charge in [-0.2, -0.15) is 0 Å². The van der Waals surface area contributed by atoms with Gasteiger partial charge in [0, 0.05) is 11.7 Å². The van der Waals surface area contributed by atoms with Crippen LogP contribution in [-0.2, 0) is 9.53 Å². The van der Waals surface area contributed by atoms with E-state index >= 15 is 0 Å². The Labute approximate surface area is 118 Å². The predicted molar refractivity (Wildman–Crippen MR) is 76.7 cm³/mol. The van der Waals surface area contributed by atoms with Crippen LogP contribution in [0, 0.1) is 12.8 Å². The SMILES string of the molecule is COC(=O)c1ccc(NC(=O)C2CCNC2C)c(C)c1. The minimum Gasteiger partial charge on any atom is -0.465 e. The molecular formula is C15H20N2O3. The summed E-state index contributed by atoms with van der Waals surface area (Å²) in [6.45, 7) is 4.75. The highest BCUT2D eigenvalue weighted by Gasteiger charge is 2.29. The van der Waals surface area contributed by atoms with Crippen LogP contribution < -0.4 is 10.6 Å². The molecule has 1 heterocycles. The topological polar surface area (TPSA) is 67.4 Å². The molecule has 0 aliphatic carbocycles. The fourth-order valence-electron chi connectivity index (χ4n) is 2.49. The number of methoxy groups -OCH3 is 1. The normalized spacial score (nSPS) is 21.6. The zero-order chi connectivity index (χ0) is 14.7. The van der Waals surface area contributed by atoms with Crippen LogP contribution in [0.1, 0.15) is 29.3 Å². The summed E-state index contributed by atoms with van der Waals surface area (Å²) < 4.78 is 4.67. The molecule has 2 atom stereocenters. The molecule has 1 aliphatic heterocycles. The molecule has 2 unspecified atom stereocenters. The first-order valence-corrected chi connectivity index (χ1v) is 6.76. The summed E-state index contributed by atoms with van der Waals surface area (Å²) in [5.41, 5.74) is 2.07. The molecule has 0 radical (unpaired) electrons. The first-order chi connectivity index (χ1) is 9.52. The van der Waals surface area contributed by atoms with E-state index in [0.29, 0.717) is 5.56 Å². The van der Waals surface area contributed by atoms with E-state index in [4.69, 9.17) is 0 Å². The van der Waals surface area contributed by atoms with Crippen molar-refractivity contribution in [2.45, 2.75) is 26.3 Å². The molecule has 108 valence electrons. The predicted octanol–water partition coefficient (Wildman–Crippen LogP) is 1.72. The first-order valence-electron chi connectivity index (χ1n) is 6.76. The number of anilines is 1. The van der Waals surface area contributed by atoms with Gasteiger partial charge in [-0.3, -0.25) is 4.79 Å². The molecule has 1 saturated heterocycles. The number of esters is 1. The molecule has 1 amide bonds. The van der Waals surface area contributed by atoms with E-state index in [2.05, 4.69) is 15.4 Å². The molecule has 0 saturated carbocycles. The van der Waals surface area contributed by atoms with E-state index in [0.717, 1.165) is 24.2 Å². The van der Waals surface area contributed by atoms with Gasteiger partial charge < -0.3 is 15.4 Å². The summed E-state index contributed by atoms with van der Waals surface area (Å²) in [5.74, 6) is -0.356. The highest BCUT2D eigenvalue weighted by molar-refractivity contribution is 5.95. The van der Waals surface area contributed by atoms with Gasteiger partial charge in [0.15, 0.2) is 0 Å². The minimum absolute atomic E-state index is 0.00492. The molecule has 0 bridgehead atoms. The van der Waals surface area contributed by atoms with Gasteiger partial charge in [0.2, 0.25) is 5.91 Å². The molecule has 1 aromatic carbocycles. The smallest absolute Gasteiger partial charge is 0.337 e. The van der Waals surface area contributed by atoms with E-state index in [1.807, 2.05) is 13.8 Å². The molecule has 5 nitrogen and oxygen atoms in total. The second kappa shape index (κ2) is 6.05. The molecular weight excluding hydrogens is 256 g/mol. The first kappa shape index (κ1) is 14.5. The van der Waals surface area contributed by atoms with Crippen molar-refractivity contribution in [2.24, 2.45) is 5.92 Å². The number of amides is 1. The third-order valence-electron chi connectivity index (χ3n) is 3.77. The van der Waals surface area contributed by atoms with Crippen LogP contribution in [-0.4, -0.2) is 31.6 Å². The van der Waals surface area contributed by atoms with Crippen molar-refractivity contribution in [2.75, 3.05) is 19.0 Å². The van der Waals surface area contributed by atoms with E-state index in [1.54, 1.807) is 18.2 Å². The lowest BCUT2D eigenvalue weighted by molar-refractivity contribution is -0.120. The number of carbonyl (C=O) groups is 2. The van der Waals surface area contributed by atoms with Crippen LogP contribution in [0.3, 0.4) is 0 Å². The maximum absolute atomic E-state index is 12.2. The molecule has 20 heavy (non-hydrogen) atoms. The monoisotopic (exact) mass is 276 g/mol. The Morgan fingerprint density at radius 3 is 2.70 bits per heavy atom. The summed E-state index contributed by atoms with van der Waals surface area (Å²) in [5, 5.41) is 6.20. The van der Waals surface area contributed by atoms with Gasteiger partial charge in [-0.25, -0.2) is 4.79 Å². The maximum Gasteiger partial charge on any atom is 0.337 e. The summed E-state index contributed by atoms with van der Waals surface area (Å²) in [6.07, 6.45) is 0.853. The zero-order valence-corrected chi connectivity index (χ0v) is 12.0. The van der Waals surface area contributed by atoms with Gasteiger partial charge in [0.1, 0.15) is 0 Å². The van der Waals surface area contributed by atoms with Gasteiger partial charge in [-0.15, -0.1) is 0 Å². The Hall–Kier alpha value is -1.88. The van der Waals surface area contributed by atoms with Crippen molar-refractivity contribution >= 4 is 17.6 Å². The molecule has 5 heteroatoms. The average molecular weight is 276 g/mol. The second-order valence-corrected chi connectivity index (χ2v) is 5.15. The molecule has 1 aromatic rings. The lowest BCUT2D eigenvalue weighted by Crippen LogP contribution is -2.32. The highest BCUT2D eigenvalue weighted by atomic mass is 16.5. The molecule has 0 aromatic heterocycles. The van der Waals surface area contributed by atoms with Crippen molar-refractivity contribution in [3.8, 4) is 0 Å². The Balaban J connectivity index is 2.10. The van der Waals surface area contributed by atoms with Crippen LogP contribution in [0.2, 0.25) is 0 Å². The van der Waals surface area contributed by atoms with Gasteiger partial charge in [0.25, 0.3) is 0 Å². The number of benzene rings is 1. The fourth-order valence-corrected chi connectivity index (χ4v) is 2.49. The van der Waals surface area contributed by atoms with Crippen LogP contribution >= 0.6 is 0 Å². The van der Waals surface area contributed by atoms with E-state index in [9.17, 15) is 9.59 Å². The third-order valence-corrected chi connectivity index (χ3v) is 3.77. The van der Waals surface area contributed by atoms with Crippen LogP contribution in [0.5, 0.6) is 0 Å². The number of carbonyl (C=O) groups excluding carboxylic acids is 2. The van der Waals surface area contributed by atoms with Crippen LogP contribution in [0.15, 0.2) is 18.2 Å². The molecule has 1 fully saturated rings. The molecule has 2 N–H and O–H groups in total. The number of hydrogen-bond acceptors (Lipinski definition) is 4. The summed E-state index contributed by atoms with van der Waals surface area (Å²) >= 11 is 0. The summed E-state index contributed by atoms with van der Waals surface area (Å²) in [6, 6.07) is 5.32. The number of ether oxygens (including phenoxy) is 1. The van der Waals surface area contributed by atoms with Gasteiger partial charge in [0.05, 0.1) is 18.6 Å². The molecule has 0 spiro atoms. The van der Waals surface area contributed by atoms with E-state index < -0.39 is 0 Å². The van der Waals surface area contributed by atoms with Crippen molar-refractivity contribution in [3.05, 3.63) is 29.3 Å². The number of hydrogen-bond donors (Lipinski definition) is 2. The average Bonchev–Trinajstić information content (AvgIpc) is 2.86. The highest BCUT2D eigenvalue weighted by Crippen LogP contribution is 2.21. The number of aryl methyl sites for hydroxylation is 1. The Kier molecular flexibility index (Phi) is 4.39. The van der Waals surface area contributed by atoms with Crippen LogP contribution in [0.4, 0.5) is 5.69 Å². The fraction of sp³-hybridized carbons (Fsp3) is 0.467. The zero-order valence-electron chi connectivity index (χ0n) is 12.0. The van der Waals surface area contributed by atoms with Gasteiger partial charge in [-0.05, 0) is 50.6 Å². The van der Waals surface area contributed by atoms with Crippen molar-refractivity contribution in [3.63, 3.8) is 0 Å². The lowest BCUT2D eigenvalue weighted by Gasteiger charge is -2.16. The van der Waals surface area contributed by atoms with Crippen LogP contribution in [0.25, 0.3) is 0 Å². The lowest BCUT2D eigenvalue weighted by atomic mass is 10.0. The largest absolute Gasteiger partial charge is 0.465 e. The quantitative estimate of drug-likeness (QED) is 0.825. The minimum atomic E-state index is -0.375. The number of rotatable bonds is 3. The summed E-state index contributed by atoms with van der Waals surface area (Å²) in [7, 11) is 1.35. The summed E-state index contributed by atoms with van der Waals surface area (Å²) in [4.78, 5) is 23.6. The Morgan fingerprint density at radius 1 is 1.40 bits per heavy atom. The van der Waals surface area contributed by atoms with Crippen molar-refractivity contribution in [1.29, 1.82) is 0 Å². The van der Waals surface area contributed by atoms with E-state index in [1.165, 1.54) is 7.11 Å². The second-order valence-electron chi connectivity index (χ2n) is 5.15. The number of nitrogens with one attached hydrogen (secondary N) is 2. The van der Waals surface area contributed by atoms with E-state index in [-0.39, 0.29) is 23.8 Å².